The fourth-order valence-electron chi connectivity index (χ4n) is 1.27. The van der Waals surface area contributed by atoms with E-state index in [1.165, 1.54) is 0 Å². The summed E-state index contributed by atoms with van der Waals surface area (Å²) < 4.78 is 11.1. The second-order valence-electron chi connectivity index (χ2n) is 4.51. The Labute approximate surface area is 85.9 Å². The third kappa shape index (κ3) is 2.87. The number of likely N-dealkylation sites (N-methyl/N-ethyl adjacent to an activating group) is 1. The minimum absolute atomic E-state index is 0.0903. The molecule has 0 amide bonds. The van der Waals surface area contributed by atoms with Crippen LogP contribution in [0.5, 0.6) is 0 Å². The van der Waals surface area contributed by atoms with Crippen LogP contribution in [0.2, 0.25) is 0 Å². The molecule has 4 nitrogen and oxygen atoms in total. The summed E-state index contributed by atoms with van der Waals surface area (Å²) in [5.74, 6) is 0. The van der Waals surface area contributed by atoms with E-state index in [9.17, 15) is 0 Å². The number of hydrogen-bond acceptors (Lipinski definition) is 3. The largest absolute Gasteiger partial charge is 0.463 e. The maximum atomic E-state index is 5.70. The molecule has 0 aromatic heterocycles. The van der Waals surface area contributed by atoms with Crippen LogP contribution in [-0.4, -0.2) is 49.9 Å². The summed E-state index contributed by atoms with van der Waals surface area (Å²) >= 11 is 0. The molecule has 0 aromatic carbocycles. The third-order valence-electron chi connectivity index (χ3n) is 2.15. The van der Waals surface area contributed by atoms with Crippen molar-refractivity contribution in [3.63, 3.8) is 0 Å². The van der Waals surface area contributed by atoms with Crippen molar-refractivity contribution in [2.45, 2.75) is 32.4 Å². The Morgan fingerprint density at radius 3 is 2.64 bits per heavy atom. The lowest BCUT2D eigenvalue weighted by Crippen LogP contribution is -2.36. The second kappa shape index (κ2) is 4.17. The van der Waals surface area contributed by atoms with Crippen LogP contribution >= 0.6 is 0 Å². The Hall–Kier alpha value is -0.770. The van der Waals surface area contributed by atoms with Gasteiger partial charge < -0.3 is 14.4 Å². The van der Waals surface area contributed by atoms with E-state index in [0.29, 0.717) is 19.2 Å². The monoisotopic (exact) mass is 200 g/mol. The molecule has 14 heavy (non-hydrogen) atoms. The second-order valence-corrected chi connectivity index (χ2v) is 4.51. The predicted molar refractivity (Wildman–Crippen MR) is 56.6 cm³/mol. The first kappa shape index (κ1) is 11.3. The molecule has 0 radical (unpaired) electrons. The van der Waals surface area contributed by atoms with E-state index in [1.807, 2.05) is 11.9 Å². The Bertz CT molecular complexity index is 221. The summed E-state index contributed by atoms with van der Waals surface area (Å²) in [6, 6.07) is 0.987. The van der Waals surface area contributed by atoms with E-state index in [2.05, 4.69) is 25.8 Å². The van der Waals surface area contributed by atoms with Crippen LogP contribution in [0.4, 0.5) is 0 Å². The zero-order valence-corrected chi connectivity index (χ0v) is 9.70. The zero-order chi connectivity index (χ0) is 10.8. The first-order valence-electron chi connectivity index (χ1n) is 4.90. The third-order valence-corrected chi connectivity index (χ3v) is 2.15. The lowest BCUT2D eigenvalue weighted by atomic mass is 10.2. The van der Waals surface area contributed by atoms with E-state index in [1.54, 1.807) is 7.05 Å². The molecule has 0 aliphatic carbocycles. The zero-order valence-electron chi connectivity index (χ0n) is 9.70. The van der Waals surface area contributed by atoms with Crippen molar-refractivity contribution in [3.8, 4) is 0 Å². The van der Waals surface area contributed by atoms with Crippen molar-refractivity contribution in [1.82, 2.24) is 4.90 Å². The van der Waals surface area contributed by atoms with Gasteiger partial charge in [-0.25, -0.2) is 4.99 Å². The normalized spacial score (nSPS) is 25.6. The minimum atomic E-state index is -0.0903. The molecule has 0 unspecified atom stereocenters. The highest BCUT2D eigenvalue weighted by Gasteiger charge is 2.28. The van der Waals surface area contributed by atoms with Crippen LogP contribution in [0, 0.1) is 0 Å². The van der Waals surface area contributed by atoms with Gasteiger partial charge >= 0.3 is 0 Å². The van der Waals surface area contributed by atoms with Gasteiger partial charge in [0.15, 0.2) is 0 Å². The molecule has 1 fully saturated rings. The van der Waals surface area contributed by atoms with Crippen LogP contribution in [-0.2, 0) is 9.47 Å². The maximum absolute atomic E-state index is 5.70. The Balaban J connectivity index is 2.41. The van der Waals surface area contributed by atoms with Crippen molar-refractivity contribution < 1.29 is 9.47 Å². The Kier molecular flexibility index (Phi) is 3.37. The fourth-order valence-corrected chi connectivity index (χ4v) is 1.27. The van der Waals surface area contributed by atoms with E-state index in [4.69, 9.17) is 9.47 Å². The SMILES string of the molecule is CN=C1OC[C@H](COC(C)(C)C)N1C. The van der Waals surface area contributed by atoms with Crippen LogP contribution in [0.25, 0.3) is 0 Å². The summed E-state index contributed by atoms with van der Waals surface area (Å²) in [5.41, 5.74) is -0.0903. The summed E-state index contributed by atoms with van der Waals surface area (Å²) in [7, 11) is 3.71. The van der Waals surface area contributed by atoms with E-state index in [0.717, 1.165) is 0 Å². The van der Waals surface area contributed by atoms with Crippen molar-refractivity contribution in [1.29, 1.82) is 0 Å². The van der Waals surface area contributed by atoms with Crippen LogP contribution < -0.4 is 0 Å². The molecule has 82 valence electrons. The average Bonchev–Trinajstić information content (AvgIpc) is 2.42. The van der Waals surface area contributed by atoms with Crippen molar-refractivity contribution >= 4 is 6.02 Å². The molecular weight excluding hydrogens is 180 g/mol. The van der Waals surface area contributed by atoms with Gasteiger partial charge in [-0.15, -0.1) is 0 Å². The van der Waals surface area contributed by atoms with Crippen LogP contribution in [0.1, 0.15) is 20.8 Å². The van der Waals surface area contributed by atoms with Gasteiger partial charge in [-0.3, -0.25) is 0 Å². The standard InChI is InChI=1S/C10H20N2O2/c1-10(2,3)14-7-8-6-13-9(11-4)12(8)5/h8H,6-7H2,1-5H3/t8-/m1/s1. The van der Waals surface area contributed by atoms with Gasteiger partial charge in [-0.1, -0.05) is 0 Å². The van der Waals surface area contributed by atoms with Crippen LogP contribution in [0.15, 0.2) is 4.99 Å². The molecule has 1 aliphatic heterocycles. The highest BCUT2D eigenvalue weighted by Crippen LogP contribution is 2.14. The molecule has 1 heterocycles. The number of hydrogen-bond donors (Lipinski definition) is 0. The van der Waals surface area contributed by atoms with Crippen molar-refractivity contribution in [2.24, 2.45) is 4.99 Å². The fraction of sp³-hybridized carbons (Fsp3) is 0.900. The highest BCUT2D eigenvalue weighted by molar-refractivity contribution is 5.75. The number of aliphatic imine (C=N–C) groups is 1. The van der Waals surface area contributed by atoms with Gasteiger partial charge in [0.2, 0.25) is 0 Å². The van der Waals surface area contributed by atoms with Crippen LogP contribution in [0.3, 0.4) is 0 Å². The topological polar surface area (TPSA) is 34.1 Å². The summed E-state index contributed by atoms with van der Waals surface area (Å²) in [6.45, 7) is 7.51. The van der Waals surface area contributed by atoms with Gasteiger partial charge in [0.25, 0.3) is 6.02 Å². The molecular formula is C10H20N2O2. The molecule has 1 aliphatic rings. The highest BCUT2D eigenvalue weighted by atomic mass is 16.5. The maximum Gasteiger partial charge on any atom is 0.287 e. The molecule has 0 aromatic rings. The van der Waals surface area contributed by atoms with Gasteiger partial charge in [0, 0.05) is 14.1 Å². The predicted octanol–water partition coefficient (Wildman–Crippen LogP) is 1.12. The first-order valence-corrected chi connectivity index (χ1v) is 4.90. The smallest absolute Gasteiger partial charge is 0.287 e. The van der Waals surface area contributed by atoms with E-state index in [-0.39, 0.29) is 11.6 Å². The van der Waals surface area contributed by atoms with E-state index < -0.39 is 0 Å². The van der Waals surface area contributed by atoms with E-state index >= 15 is 0 Å². The lowest BCUT2D eigenvalue weighted by Gasteiger charge is -2.24. The molecule has 4 heteroatoms. The van der Waals surface area contributed by atoms with Gasteiger partial charge in [0.1, 0.15) is 6.61 Å². The molecule has 1 saturated heterocycles. The lowest BCUT2D eigenvalue weighted by molar-refractivity contribution is -0.0220. The van der Waals surface area contributed by atoms with Crippen molar-refractivity contribution in [3.05, 3.63) is 0 Å². The quantitative estimate of drug-likeness (QED) is 0.670. The molecule has 1 rings (SSSR count). The Morgan fingerprint density at radius 2 is 2.21 bits per heavy atom. The number of amidine groups is 1. The molecule has 0 bridgehead atoms. The van der Waals surface area contributed by atoms with Gasteiger partial charge in [0.05, 0.1) is 18.2 Å². The van der Waals surface area contributed by atoms with Crippen molar-refractivity contribution in [2.75, 3.05) is 27.3 Å². The molecule has 0 N–H and O–H groups in total. The van der Waals surface area contributed by atoms with Gasteiger partial charge in [-0.05, 0) is 20.8 Å². The minimum Gasteiger partial charge on any atom is -0.463 e. The Morgan fingerprint density at radius 1 is 1.57 bits per heavy atom. The summed E-state index contributed by atoms with van der Waals surface area (Å²) in [4.78, 5) is 6.05. The summed E-state index contributed by atoms with van der Waals surface area (Å²) in [6.07, 6.45) is 0. The summed E-state index contributed by atoms with van der Waals surface area (Å²) in [5, 5.41) is 0. The number of ether oxygens (including phenoxy) is 2. The van der Waals surface area contributed by atoms with Gasteiger partial charge in [-0.2, -0.15) is 0 Å². The average molecular weight is 200 g/mol. The molecule has 0 saturated carbocycles. The number of rotatable bonds is 2. The molecule has 0 spiro atoms. The number of nitrogens with zero attached hydrogens (tertiary/aromatic N) is 2. The molecule has 1 atom stereocenters. The first-order chi connectivity index (χ1) is 6.44.